The SMILES string of the molecule is Cc1cc(CN2CC3(CC(CCOc4ccccn4)CCO3)C2)n(C)n1. The van der Waals surface area contributed by atoms with Crippen molar-refractivity contribution in [1.29, 1.82) is 0 Å². The van der Waals surface area contributed by atoms with Crippen molar-refractivity contribution in [3.05, 3.63) is 41.9 Å². The monoisotopic (exact) mass is 356 g/mol. The molecule has 1 unspecified atom stereocenters. The van der Waals surface area contributed by atoms with Crippen LogP contribution in [0.3, 0.4) is 0 Å². The number of ether oxygens (including phenoxy) is 2. The van der Waals surface area contributed by atoms with Crippen molar-refractivity contribution in [2.24, 2.45) is 13.0 Å². The standard InChI is InChI=1S/C20H28N4O2/c1-16-11-18(23(2)22-16)13-24-14-20(15-24)12-17(7-10-26-20)6-9-25-19-5-3-4-8-21-19/h3-5,8,11,17H,6-7,9-10,12-15H2,1-2H3. The minimum absolute atomic E-state index is 0.0571. The van der Waals surface area contributed by atoms with Crippen LogP contribution >= 0.6 is 0 Å². The number of likely N-dealkylation sites (tertiary alicyclic amines) is 1. The van der Waals surface area contributed by atoms with Gasteiger partial charge in [-0.05, 0) is 44.2 Å². The summed E-state index contributed by atoms with van der Waals surface area (Å²) in [7, 11) is 2.02. The Morgan fingerprint density at radius 2 is 2.23 bits per heavy atom. The van der Waals surface area contributed by atoms with E-state index in [0.717, 1.165) is 63.7 Å². The number of rotatable bonds is 6. The van der Waals surface area contributed by atoms with Crippen LogP contribution in [-0.2, 0) is 18.3 Å². The normalized spacial score (nSPS) is 22.3. The van der Waals surface area contributed by atoms with Gasteiger partial charge in [0, 0.05) is 45.6 Å². The average Bonchev–Trinajstić information content (AvgIpc) is 2.92. The Labute approximate surface area is 155 Å². The van der Waals surface area contributed by atoms with Crippen LogP contribution in [0.2, 0.25) is 0 Å². The van der Waals surface area contributed by atoms with Crippen LogP contribution in [-0.4, -0.2) is 51.6 Å². The number of aryl methyl sites for hydroxylation is 2. The molecule has 1 spiro atoms. The summed E-state index contributed by atoms with van der Waals surface area (Å²) in [5.41, 5.74) is 2.41. The van der Waals surface area contributed by atoms with Gasteiger partial charge in [-0.25, -0.2) is 4.98 Å². The molecule has 0 bridgehead atoms. The lowest BCUT2D eigenvalue weighted by Crippen LogP contribution is -2.64. The zero-order valence-electron chi connectivity index (χ0n) is 15.7. The van der Waals surface area contributed by atoms with Gasteiger partial charge in [0.2, 0.25) is 5.88 Å². The average molecular weight is 356 g/mol. The second-order valence-corrected chi connectivity index (χ2v) is 7.74. The summed E-state index contributed by atoms with van der Waals surface area (Å²) in [6, 6.07) is 7.95. The topological polar surface area (TPSA) is 52.4 Å². The summed E-state index contributed by atoms with van der Waals surface area (Å²) in [5, 5.41) is 4.44. The maximum absolute atomic E-state index is 6.18. The Morgan fingerprint density at radius 1 is 1.35 bits per heavy atom. The van der Waals surface area contributed by atoms with Crippen LogP contribution < -0.4 is 4.74 Å². The lowest BCUT2D eigenvalue weighted by molar-refractivity contribution is -0.182. The molecule has 0 aliphatic carbocycles. The molecule has 2 aliphatic heterocycles. The molecule has 0 amide bonds. The lowest BCUT2D eigenvalue weighted by Gasteiger charge is -2.53. The smallest absolute Gasteiger partial charge is 0.213 e. The highest BCUT2D eigenvalue weighted by atomic mass is 16.5. The van der Waals surface area contributed by atoms with Crippen molar-refractivity contribution in [3.8, 4) is 5.88 Å². The van der Waals surface area contributed by atoms with Crippen LogP contribution in [0.25, 0.3) is 0 Å². The number of hydrogen-bond donors (Lipinski definition) is 0. The van der Waals surface area contributed by atoms with Crippen LogP contribution in [0.4, 0.5) is 0 Å². The third kappa shape index (κ3) is 3.91. The first-order valence-electron chi connectivity index (χ1n) is 9.52. The van der Waals surface area contributed by atoms with E-state index in [1.54, 1.807) is 6.20 Å². The van der Waals surface area contributed by atoms with Crippen molar-refractivity contribution >= 4 is 0 Å². The first kappa shape index (κ1) is 17.5. The van der Waals surface area contributed by atoms with Crippen molar-refractivity contribution in [1.82, 2.24) is 19.7 Å². The van der Waals surface area contributed by atoms with Crippen LogP contribution in [0.15, 0.2) is 30.5 Å². The zero-order valence-corrected chi connectivity index (χ0v) is 15.7. The van der Waals surface area contributed by atoms with E-state index in [4.69, 9.17) is 9.47 Å². The molecule has 2 aliphatic rings. The number of pyridine rings is 1. The van der Waals surface area contributed by atoms with Gasteiger partial charge >= 0.3 is 0 Å². The minimum atomic E-state index is 0.0571. The van der Waals surface area contributed by atoms with Crippen molar-refractivity contribution in [2.45, 2.75) is 38.3 Å². The molecule has 6 heteroatoms. The van der Waals surface area contributed by atoms with Gasteiger partial charge < -0.3 is 9.47 Å². The molecule has 0 aromatic carbocycles. The largest absolute Gasteiger partial charge is 0.478 e. The molecule has 2 aromatic rings. The molecule has 140 valence electrons. The van der Waals surface area contributed by atoms with E-state index in [2.05, 4.69) is 21.0 Å². The summed E-state index contributed by atoms with van der Waals surface area (Å²) in [6.45, 7) is 6.64. The number of aromatic nitrogens is 3. The Hall–Kier alpha value is -1.92. The molecule has 0 radical (unpaired) electrons. The van der Waals surface area contributed by atoms with Gasteiger partial charge in [-0.15, -0.1) is 0 Å². The zero-order chi connectivity index (χ0) is 18.0. The molecule has 6 nitrogen and oxygen atoms in total. The van der Waals surface area contributed by atoms with Gasteiger partial charge in [0.05, 0.1) is 23.6 Å². The summed E-state index contributed by atoms with van der Waals surface area (Å²) in [4.78, 5) is 6.68. The van der Waals surface area contributed by atoms with E-state index in [1.807, 2.05) is 36.9 Å². The third-order valence-electron chi connectivity index (χ3n) is 5.52. The molecule has 26 heavy (non-hydrogen) atoms. The predicted octanol–water partition coefficient (Wildman–Crippen LogP) is 2.57. The maximum Gasteiger partial charge on any atom is 0.213 e. The quantitative estimate of drug-likeness (QED) is 0.796. The van der Waals surface area contributed by atoms with E-state index in [-0.39, 0.29) is 5.60 Å². The van der Waals surface area contributed by atoms with Gasteiger partial charge in [-0.3, -0.25) is 9.58 Å². The molecule has 2 fully saturated rings. The Morgan fingerprint density at radius 3 is 2.96 bits per heavy atom. The van der Waals surface area contributed by atoms with Gasteiger partial charge in [0.25, 0.3) is 0 Å². The Bertz CT molecular complexity index is 725. The fourth-order valence-electron chi connectivity index (χ4n) is 4.28. The van der Waals surface area contributed by atoms with E-state index in [1.165, 1.54) is 5.69 Å². The van der Waals surface area contributed by atoms with Crippen LogP contribution in [0.1, 0.15) is 30.7 Å². The molecule has 4 heterocycles. The molecule has 0 N–H and O–H groups in total. The third-order valence-corrected chi connectivity index (χ3v) is 5.52. The Kier molecular flexibility index (Phi) is 4.96. The van der Waals surface area contributed by atoms with E-state index in [9.17, 15) is 0 Å². The molecular formula is C20H28N4O2. The fraction of sp³-hybridized carbons (Fsp3) is 0.600. The van der Waals surface area contributed by atoms with Gasteiger partial charge in [0.15, 0.2) is 0 Å². The highest BCUT2D eigenvalue weighted by Gasteiger charge is 2.47. The molecule has 2 saturated heterocycles. The molecule has 0 saturated carbocycles. The molecular weight excluding hydrogens is 328 g/mol. The highest BCUT2D eigenvalue weighted by Crippen LogP contribution is 2.38. The fourth-order valence-corrected chi connectivity index (χ4v) is 4.28. The van der Waals surface area contributed by atoms with Crippen molar-refractivity contribution < 1.29 is 9.47 Å². The predicted molar refractivity (Wildman–Crippen MR) is 99.0 cm³/mol. The molecule has 1 atom stereocenters. The lowest BCUT2D eigenvalue weighted by atomic mass is 9.79. The van der Waals surface area contributed by atoms with Gasteiger partial charge in [-0.1, -0.05) is 6.07 Å². The van der Waals surface area contributed by atoms with Crippen molar-refractivity contribution in [3.63, 3.8) is 0 Å². The highest BCUT2D eigenvalue weighted by molar-refractivity contribution is 5.11. The van der Waals surface area contributed by atoms with Gasteiger partial charge in [0.1, 0.15) is 0 Å². The summed E-state index contributed by atoms with van der Waals surface area (Å²) >= 11 is 0. The second kappa shape index (κ2) is 7.37. The second-order valence-electron chi connectivity index (χ2n) is 7.74. The van der Waals surface area contributed by atoms with E-state index in [0.29, 0.717) is 5.92 Å². The van der Waals surface area contributed by atoms with Crippen molar-refractivity contribution in [2.75, 3.05) is 26.3 Å². The first-order chi connectivity index (χ1) is 12.6. The van der Waals surface area contributed by atoms with Gasteiger partial charge in [-0.2, -0.15) is 5.10 Å². The van der Waals surface area contributed by atoms with Crippen LogP contribution in [0, 0.1) is 12.8 Å². The summed E-state index contributed by atoms with van der Waals surface area (Å²) in [6.07, 6.45) is 5.11. The number of nitrogens with zero attached hydrogens (tertiary/aromatic N) is 4. The van der Waals surface area contributed by atoms with E-state index < -0.39 is 0 Å². The van der Waals surface area contributed by atoms with E-state index >= 15 is 0 Å². The van der Waals surface area contributed by atoms with Crippen LogP contribution in [0.5, 0.6) is 5.88 Å². The number of hydrogen-bond acceptors (Lipinski definition) is 5. The summed E-state index contributed by atoms with van der Waals surface area (Å²) in [5.74, 6) is 1.39. The molecule has 4 rings (SSSR count). The first-order valence-corrected chi connectivity index (χ1v) is 9.52. The minimum Gasteiger partial charge on any atom is -0.478 e. The molecule has 2 aromatic heterocycles. The summed E-state index contributed by atoms with van der Waals surface area (Å²) < 4.78 is 13.9. The maximum atomic E-state index is 6.18. The Balaban J connectivity index is 1.23.